The molecular weight excluding hydrogens is 252 g/mol. The van der Waals surface area contributed by atoms with Gasteiger partial charge >= 0.3 is 0 Å². The van der Waals surface area contributed by atoms with E-state index in [0.29, 0.717) is 11.7 Å². The molecule has 3 N–H and O–H groups in total. The third kappa shape index (κ3) is 2.75. The van der Waals surface area contributed by atoms with Crippen LogP contribution in [0.25, 0.3) is 0 Å². The van der Waals surface area contributed by atoms with Crippen molar-refractivity contribution in [3.8, 4) is 0 Å². The Morgan fingerprint density at radius 2 is 1.95 bits per heavy atom. The fourth-order valence-corrected chi connectivity index (χ4v) is 3.16. The number of rotatable bonds is 3. The topological polar surface area (TPSA) is 82.1 Å². The van der Waals surface area contributed by atoms with Gasteiger partial charge in [0.15, 0.2) is 0 Å². The summed E-state index contributed by atoms with van der Waals surface area (Å²) in [5, 5.41) is 7.34. The third-order valence-electron chi connectivity index (χ3n) is 4.31. The van der Waals surface area contributed by atoms with Crippen LogP contribution in [-0.2, 0) is 0 Å². The third-order valence-corrected chi connectivity index (χ3v) is 4.31. The second kappa shape index (κ2) is 5.75. The first-order valence-electron chi connectivity index (χ1n) is 7.39. The zero-order valence-corrected chi connectivity index (χ0v) is 11.8. The highest BCUT2D eigenvalue weighted by Gasteiger charge is 2.29. The first-order chi connectivity index (χ1) is 9.74. The van der Waals surface area contributed by atoms with E-state index in [-0.39, 0.29) is 5.84 Å². The van der Waals surface area contributed by atoms with Crippen molar-refractivity contribution in [2.24, 2.45) is 5.73 Å². The van der Waals surface area contributed by atoms with E-state index in [1.165, 1.54) is 38.8 Å². The van der Waals surface area contributed by atoms with E-state index in [9.17, 15) is 0 Å². The summed E-state index contributed by atoms with van der Waals surface area (Å²) in [6.07, 6.45) is 8.58. The Morgan fingerprint density at radius 3 is 2.60 bits per heavy atom. The number of piperidine rings is 1. The summed E-state index contributed by atoms with van der Waals surface area (Å²) in [6, 6.07) is 0.657. The minimum atomic E-state index is -0.0309. The van der Waals surface area contributed by atoms with E-state index in [1.807, 2.05) is 0 Å². The molecule has 2 aliphatic rings. The number of aromatic nitrogens is 2. The number of nitrogens with one attached hydrogen (secondary N) is 1. The van der Waals surface area contributed by atoms with Gasteiger partial charge in [-0.15, -0.1) is 0 Å². The van der Waals surface area contributed by atoms with Gasteiger partial charge < -0.3 is 10.6 Å². The highest BCUT2D eigenvalue weighted by molar-refractivity contribution is 5.92. The van der Waals surface area contributed by atoms with Crippen LogP contribution in [0.15, 0.2) is 12.4 Å². The minimum absolute atomic E-state index is 0.0309. The van der Waals surface area contributed by atoms with Crippen LogP contribution in [0.2, 0.25) is 0 Å². The standard InChI is InChI=1S/C14H22N6/c15-14(16)12-8-18-13(9-17-12)20-7-4-11(10-20)19-5-2-1-3-6-19/h8-9,11H,1-7,10H2,(H3,15,16). The van der Waals surface area contributed by atoms with Crippen LogP contribution in [-0.4, -0.2) is 52.9 Å². The van der Waals surface area contributed by atoms with Crippen molar-refractivity contribution >= 4 is 11.7 Å². The van der Waals surface area contributed by atoms with Crippen molar-refractivity contribution in [3.63, 3.8) is 0 Å². The van der Waals surface area contributed by atoms with Gasteiger partial charge in [-0.1, -0.05) is 6.42 Å². The molecule has 6 nitrogen and oxygen atoms in total. The Morgan fingerprint density at radius 1 is 1.15 bits per heavy atom. The fourth-order valence-electron chi connectivity index (χ4n) is 3.16. The summed E-state index contributed by atoms with van der Waals surface area (Å²) in [5.41, 5.74) is 5.84. The average Bonchev–Trinajstić information content (AvgIpc) is 2.98. The highest BCUT2D eigenvalue weighted by atomic mass is 15.3. The maximum absolute atomic E-state index is 7.34. The van der Waals surface area contributed by atoms with Crippen LogP contribution in [0.4, 0.5) is 5.82 Å². The minimum Gasteiger partial charge on any atom is -0.382 e. The smallest absolute Gasteiger partial charge is 0.147 e. The molecule has 1 aromatic rings. The molecule has 0 saturated carbocycles. The zero-order chi connectivity index (χ0) is 13.9. The molecule has 6 heteroatoms. The van der Waals surface area contributed by atoms with Crippen LogP contribution in [0.1, 0.15) is 31.4 Å². The molecule has 2 fully saturated rings. The molecule has 0 spiro atoms. The van der Waals surface area contributed by atoms with Crippen molar-refractivity contribution in [2.45, 2.75) is 31.7 Å². The predicted molar refractivity (Wildman–Crippen MR) is 79.1 cm³/mol. The van der Waals surface area contributed by atoms with Crippen LogP contribution < -0.4 is 10.6 Å². The molecule has 0 aliphatic carbocycles. The van der Waals surface area contributed by atoms with Crippen molar-refractivity contribution in [1.29, 1.82) is 5.41 Å². The van der Waals surface area contributed by atoms with Crippen molar-refractivity contribution in [3.05, 3.63) is 18.1 Å². The predicted octanol–water partition coefficient (Wildman–Crippen LogP) is 0.825. The molecule has 2 aliphatic heterocycles. The normalized spacial score (nSPS) is 24.0. The number of hydrogen-bond donors (Lipinski definition) is 2. The maximum Gasteiger partial charge on any atom is 0.147 e. The molecule has 2 saturated heterocycles. The number of nitrogens with two attached hydrogens (primary N) is 1. The Kier molecular flexibility index (Phi) is 3.82. The monoisotopic (exact) mass is 274 g/mol. The fraction of sp³-hybridized carbons (Fsp3) is 0.643. The van der Waals surface area contributed by atoms with E-state index < -0.39 is 0 Å². The van der Waals surface area contributed by atoms with Gasteiger partial charge in [-0.3, -0.25) is 10.3 Å². The van der Waals surface area contributed by atoms with Gasteiger partial charge in [0.25, 0.3) is 0 Å². The average molecular weight is 274 g/mol. The Balaban J connectivity index is 1.62. The molecule has 20 heavy (non-hydrogen) atoms. The second-order valence-corrected chi connectivity index (χ2v) is 5.66. The number of amidine groups is 1. The van der Waals surface area contributed by atoms with Crippen molar-refractivity contribution in [1.82, 2.24) is 14.9 Å². The summed E-state index contributed by atoms with van der Waals surface area (Å²) in [5.74, 6) is 0.867. The van der Waals surface area contributed by atoms with Gasteiger partial charge in [0.1, 0.15) is 17.3 Å². The van der Waals surface area contributed by atoms with Gasteiger partial charge in [0, 0.05) is 19.1 Å². The number of hydrogen-bond acceptors (Lipinski definition) is 5. The Bertz CT molecular complexity index is 465. The van der Waals surface area contributed by atoms with Gasteiger partial charge in [-0.25, -0.2) is 9.97 Å². The summed E-state index contributed by atoms with van der Waals surface area (Å²) < 4.78 is 0. The second-order valence-electron chi connectivity index (χ2n) is 5.66. The maximum atomic E-state index is 7.34. The lowest BCUT2D eigenvalue weighted by Gasteiger charge is -2.32. The number of anilines is 1. The van der Waals surface area contributed by atoms with E-state index in [2.05, 4.69) is 19.8 Å². The lowest BCUT2D eigenvalue weighted by molar-refractivity contribution is 0.175. The van der Waals surface area contributed by atoms with Crippen LogP contribution in [0.3, 0.4) is 0 Å². The van der Waals surface area contributed by atoms with E-state index in [1.54, 1.807) is 12.4 Å². The molecular formula is C14H22N6. The number of nitrogens with zero attached hydrogens (tertiary/aromatic N) is 4. The Hall–Kier alpha value is -1.69. The molecule has 0 aromatic carbocycles. The largest absolute Gasteiger partial charge is 0.382 e. The SMILES string of the molecule is N=C(N)c1cnc(N2CCC(N3CCCCC3)C2)cn1. The van der Waals surface area contributed by atoms with Crippen molar-refractivity contribution in [2.75, 3.05) is 31.1 Å². The Labute approximate surface area is 119 Å². The molecule has 3 heterocycles. The molecule has 0 radical (unpaired) electrons. The van der Waals surface area contributed by atoms with Gasteiger partial charge in [-0.05, 0) is 32.4 Å². The van der Waals surface area contributed by atoms with Gasteiger partial charge in [0.2, 0.25) is 0 Å². The van der Waals surface area contributed by atoms with E-state index >= 15 is 0 Å². The lowest BCUT2D eigenvalue weighted by atomic mass is 10.1. The molecule has 1 unspecified atom stereocenters. The van der Waals surface area contributed by atoms with E-state index in [0.717, 1.165) is 18.9 Å². The van der Waals surface area contributed by atoms with E-state index in [4.69, 9.17) is 11.1 Å². The highest BCUT2D eigenvalue weighted by Crippen LogP contribution is 2.23. The summed E-state index contributed by atoms with van der Waals surface area (Å²) >= 11 is 0. The molecule has 3 rings (SSSR count). The van der Waals surface area contributed by atoms with Gasteiger partial charge in [-0.2, -0.15) is 0 Å². The molecule has 1 aromatic heterocycles. The first-order valence-corrected chi connectivity index (χ1v) is 7.39. The molecule has 108 valence electrons. The van der Waals surface area contributed by atoms with Gasteiger partial charge in [0.05, 0.1) is 12.4 Å². The molecule has 0 bridgehead atoms. The van der Waals surface area contributed by atoms with Crippen molar-refractivity contribution < 1.29 is 0 Å². The van der Waals surface area contributed by atoms with Crippen LogP contribution >= 0.6 is 0 Å². The number of nitrogen functional groups attached to an aromatic ring is 1. The van der Waals surface area contributed by atoms with Crippen LogP contribution in [0.5, 0.6) is 0 Å². The molecule has 1 atom stereocenters. The number of likely N-dealkylation sites (tertiary alicyclic amines) is 1. The summed E-state index contributed by atoms with van der Waals surface area (Å²) in [7, 11) is 0. The lowest BCUT2D eigenvalue weighted by Crippen LogP contribution is -2.41. The van der Waals surface area contributed by atoms with Crippen LogP contribution in [0, 0.1) is 5.41 Å². The molecule has 0 amide bonds. The zero-order valence-electron chi connectivity index (χ0n) is 11.8. The first kappa shape index (κ1) is 13.3. The quantitative estimate of drug-likeness (QED) is 0.630. The summed E-state index contributed by atoms with van der Waals surface area (Å²) in [6.45, 7) is 4.56. The summed E-state index contributed by atoms with van der Waals surface area (Å²) in [4.78, 5) is 13.5.